The highest BCUT2D eigenvalue weighted by Gasteiger charge is 2.35. The number of fused-ring (bicyclic) bond motifs is 1. The molecule has 3 amide bonds. The molecular weight excluding hydrogens is 497 g/mol. The number of alkyl halides is 3. The van der Waals surface area contributed by atoms with Crippen molar-refractivity contribution in [1.29, 1.82) is 5.26 Å². The Kier molecular flexibility index (Phi) is 7.96. The van der Waals surface area contributed by atoms with Gasteiger partial charge in [-0.1, -0.05) is 60.7 Å². The highest BCUT2D eigenvalue weighted by atomic mass is 32.1. The van der Waals surface area contributed by atoms with Crippen LogP contribution in [0, 0.1) is 11.3 Å². The molecule has 0 spiro atoms. The summed E-state index contributed by atoms with van der Waals surface area (Å²) >= 11 is 5.10. The number of thiocarbonyl (C=S) groups is 1. The van der Waals surface area contributed by atoms with Gasteiger partial charge < -0.3 is 20.9 Å². The lowest BCUT2D eigenvalue weighted by Gasteiger charge is -2.23. The first kappa shape index (κ1) is 26.2. The van der Waals surface area contributed by atoms with Gasteiger partial charge in [0.05, 0.1) is 17.6 Å². The number of hydrogen-bond donors (Lipinski definition) is 4. The van der Waals surface area contributed by atoms with Gasteiger partial charge in [-0.25, -0.2) is 4.79 Å². The van der Waals surface area contributed by atoms with Gasteiger partial charge in [-0.15, -0.1) is 13.2 Å². The van der Waals surface area contributed by atoms with Gasteiger partial charge in [-0.05, 0) is 34.4 Å². The summed E-state index contributed by atoms with van der Waals surface area (Å²) in [6, 6.07) is 15.5. The summed E-state index contributed by atoms with van der Waals surface area (Å²) in [4.78, 5) is 24.0. The molecule has 0 aliphatic carbocycles. The first-order valence-electron chi connectivity index (χ1n) is 10.3. The molecule has 0 saturated carbocycles. The number of halogens is 3. The van der Waals surface area contributed by atoms with Crippen LogP contribution in [-0.4, -0.2) is 34.9 Å². The maximum atomic E-state index is 13.1. The van der Waals surface area contributed by atoms with Crippen molar-refractivity contribution in [3.63, 3.8) is 0 Å². The second kappa shape index (κ2) is 10.9. The number of nitrogens with zero attached hydrogens (tertiary/aromatic N) is 1. The number of nitrogens with one attached hydrogen (secondary N) is 2. The number of ether oxygens (including phenoxy) is 1. The number of benzene rings is 3. The monoisotopic (exact) mass is 516 g/mol. The van der Waals surface area contributed by atoms with Crippen LogP contribution in [0.15, 0.2) is 54.6 Å². The van der Waals surface area contributed by atoms with E-state index >= 15 is 0 Å². The quantitative estimate of drug-likeness (QED) is 0.279. The van der Waals surface area contributed by atoms with Crippen LogP contribution < -0.4 is 21.1 Å². The highest BCUT2D eigenvalue weighted by Crippen LogP contribution is 2.39. The third-order valence-corrected chi connectivity index (χ3v) is 5.46. The molecule has 0 aromatic heterocycles. The maximum absolute atomic E-state index is 13.1. The number of hydrogen-bond acceptors (Lipinski definition) is 6. The van der Waals surface area contributed by atoms with Crippen molar-refractivity contribution in [3.05, 3.63) is 71.3 Å². The van der Waals surface area contributed by atoms with Gasteiger partial charge in [-0.2, -0.15) is 5.26 Å². The van der Waals surface area contributed by atoms with Crippen molar-refractivity contribution in [1.82, 2.24) is 10.6 Å². The van der Waals surface area contributed by atoms with Crippen LogP contribution in [0.4, 0.5) is 18.0 Å². The van der Waals surface area contributed by atoms with E-state index in [2.05, 4.69) is 10.1 Å². The number of carbonyl (C=O) groups is 2. The van der Waals surface area contributed by atoms with Gasteiger partial charge in [0.2, 0.25) is 5.91 Å². The molecule has 186 valence electrons. The lowest BCUT2D eigenvalue weighted by atomic mass is 9.86. The van der Waals surface area contributed by atoms with E-state index in [-0.39, 0.29) is 18.5 Å². The summed E-state index contributed by atoms with van der Waals surface area (Å²) in [6.07, 6.45) is -5.11. The van der Waals surface area contributed by atoms with Gasteiger partial charge in [0.15, 0.2) is 11.5 Å². The Morgan fingerprint density at radius 1 is 1.14 bits per heavy atom. The topological polar surface area (TPSA) is 137 Å². The van der Waals surface area contributed by atoms with E-state index in [0.717, 1.165) is 22.9 Å². The summed E-state index contributed by atoms with van der Waals surface area (Å²) in [5, 5.41) is 25.8. The molecule has 0 aliphatic rings. The fraction of sp³-hybridized carbons (Fsp3) is 0.167. The number of phenols is 1. The number of aromatic hydroxyl groups is 1. The van der Waals surface area contributed by atoms with Crippen LogP contribution in [0.25, 0.3) is 10.8 Å². The summed E-state index contributed by atoms with van der Waals surface area (Å²) in [5.41, 5.74) is 5.33. The molecule has 12 heteroatoms. The zero-order valence-corrected chi connectivity index (χ0v) is 19.2. The van der Waals surface area contributed by atoms with Gasteiger partial charge in [0, 0.05) is 0 Å². The molecule has 36 heavy (non-hydrogen) atoms. The van der Waals surface area contributed by atoms with Crippen LogP contribution >= 0.6 is 12.2 Å². The van der Waals surface area contributed by atoms with Gasteiger partial charge in [0.25, 0.3) is 0 Å². The number of carbonyl (C=O) groups excluding carboxylic acids is 2. The van der Waals surface area contributed by atoms with Gasteiger partial charge >= 0.3 is 12.4 Å². The zero-order valence-electron chi connectivity index (χ0n) is 18.4. The normalized spacial score (nSPS) is 11.8. The molecule has 5 N–H and O–H groups in total. The van der Waals surface area contributed by atoms with E-state index in [4.69, 9.17) is 23.2 Å². The third kappa shape index (κ3) is 6.39. The molecule has 0 heterocycles. The first-order valence-corrected chi connectivity index (χ1v) is 10.8. The van der Waals surface area contributed by atoms with Crippen LogP contribution in [0.3, 0.4) is 0 Å². The Labute approximate surface area is 208 Å². The summed E-state index contributed by atoms with van der Waals surface area (Å²) in [6.45, 7) is -0.340. The molecule has 8 nitrogen and oxygen atoms in total. The largest absolute Gasteiger partial charge is 0.573 e. The zero-order chi connectivity index (χ0) is 26.5. The number of nitrogens with two attached hydrogens (primary N) is 1. The molecular formula is C24H19F3N4O4S. The average Bonchev–Trinajstić information content (AvgIpc) is 2.80. The smallest absolute Gasteiger partial charge is 0.504 e. The molecule has 3 rings (SSSR count). The van der Waals surface area contributed by atoms with Crippen molar-refractivity contribution < 1.29 is 32.6 Å². The average molecular weight is 517 g/mol. The molecule has 0 fully saturated rings. The number of amides is 3. The predicted octanol–water partition coefficient (Wildman–Crippen LogP) is 3.75. The Morgan fingerprint density at radius 3 is 2.47 bits per heavy atom. The number of rotatable bonds is 7. The van der Waals surface area contributed by atoms with Crippen molar-refractivity contribution in [2.75, 3.05) is 6.54 Å². The predicted molar refractivity (Wildman–Crippen MR) is 128 cm³/mol. The van der Waals surface area contributed by atoms with Crippen LogP contribution in [0.2, 0.25) is 0 Å². The van der Waals surface area contributed by atoms with E-state index in [1.54, 1.807) is 12.1 Å². The number of phenolic OH excluding ortho intramolecular Hbond substituents is 1. The molecule has 1 unspecified atom stereocenters. The molecule has 0 radical (unpaired) electrons. The minimum atomic E-state index is -5.14. The molecule has 0 saturated heterocycles. The van der Waals surface area contributed by atoms with Crippen molar-refractivity contribution in [3.8, 4) is 17.6 Å². The van der Waals surface area contributed by atoms with Crippen LogP contribution in [-0.2, 0) is 11.2 Å². The minimum Gasteiger partial charge on any atom is -0.504 e. The first-order chi connectivity index (χ1) is 17.0. The van der Waals surface area contributed by atoms with Crippen molar-refractivity contribution >= 4 is 39.9 Å². The summed E-state index contributed by atoms with van der Waals surface area (Å²) in [7, 11) is 0. The van der Waals surface area contributed by atoms with Crippen molar-refractivity contribution in [2.45, 2.75) is 18.7 Å². The SMILES string of the molecule is N#CCNC(=O)C(Cc1ccc2ccccc2c1)c1ccc(OC(F)(F)F)c(O)c1C(=S)NC(N)=O. The molecule has 1 atom stereocenters. The Bertz CT molecular complexity index is 1370. The summed E-state index contributed by atoms with van der Waals surface area (Å²) in [5.74, 6) is -3.82. The maximum Gasteiger partial charge on any atom is 0.573 e. The molecule has 3 aromatic rings. The second-order valence-electron chi connectivity index (χ2n) is 7.56. The van der Waals surface area contributed by atoms with E-state index in [0.29, 0.717) is 5.56 Å². The van der Waals surface area contributed by atoms with E-state index in [1.165, 1.54) is 0 Å². The van der Waals surface area contributed by atoms with Crippen LogP contribution in [0.1, 0.15) is 22.6 Å². The lowest BCUT2D eigenvalue weighted by molar-refractivity contribution is -0.275. The van der Waals surface area contributed by atoms with Crippen molar-refractivity contribution in [2.24, 2.45) is 5.73 Å². The number of urea groups is 1. The second-order valence-corrected chi connectivity index (χ2v) is 7.97. The van der Waals surface area contributed by atoms with Gasteiger partial charge in [0.1, 0.15) is 11.5 Å². The summed E-state index contributed by atoms with van der Waals surface area (Å²) < 4.78 is 42.4. The fourth-order valence-corrected chi connectivity index (χ4v) is 4.01. The lowest BCUT2D eigenvalue weighted by Crippen LogP contribution is -2.36. The Balaban J connectivity index is 2.15. The molecule has 3 aromatic carbocycles. The molecule has 0 bridgehead atoms. The van der Waals surface area contributed by atoms with Crippen LogP contribution in [0.5, 0.6) is 11.5 Å². The Morgan fingerprint density at radius 2 is 1.83 bits per heavy atom. The highest BCUT2D eigenvalue weighted by molar-refractivity contribution is 7.80. The minimum absolute atomic E-state index is 0.00984. The van der Waals surface area contributed by atoms with Gasteiger partial charge in [-0.3, -0.25) is 10.1 Å². The number of nitriles is 1. The third-order valence-electron chi connectivity index (χ3n) is 5.15. The Hall–Kier alpha value is -4.37. The molecule has 0 aliphatic heterocycles. The van der Waals surface area contributed by atoms with E-state index < -0.39 is 46.3 Å². The van der Waals surface area contributed by atoms with E-state index in [1.807, 2.05) is 41.7 Å². The standard InChI is InChI=1S/C24H19F3N4O4S/c25-24(26,27)35-18-8-7-16(19(20(18)32)22(36)31-23(29)34)17(21(33)30-10-9-28)12-13-5-6-14-3-1-2-4-15(14)11-13/h1-8,11,17,32H,10,12H2,(H,30,33)(H3,29,31,34,36). The van der Waals surface area contributed by atoms with E-state index in [9.17, 15) is 27.9 Å². The fourth-order valence-electron chi connectivity index (χ4n) is 3.69. The number of primary amides is 1.